The van der Waals surface area contributed by atoms with Gasteiger partial charge in [-0.05, 0) is 86.5 Å². The second-order valence-corrected chi connectivity index (χ2v) is 16.7. The van der Waals surface area contributed by atoms with Crippen molar-refractivity contribution < 1.29 is 0 Å². The van der Waals surface area contributed by atoms with E-state index < -0.39 is 0 Å². The second kappa shape index (κ2) is 17.1. The molecule has 3 aromatic heterocycles. The van der Waals surface area contributed by atoms with Crippen LogP contribution in [0.4, 0.5) is 0 Å². The first-order valence-electron chi connectivity index (χ1n) is 22.5. The molecule has 0 atom stereocenters. The predicted octanol–water partition coefficient (Wildman–Crippen LogP) is 15.7. The quantitative estimate of drug-likeness (QED) is 0.145. The first-order valence-corrected chi connectivity index (χ1v) is 22.5. The van der Waals surface area contributed by atoms with Crippen molar-refractivity contribution in [3.05, 3.63) is 249 Å². The van der Waals surface area contributed by atoms with Gasteiger partial charge in [0.2, 0.25) is 0 Å². The number of aromatic nitrogens is 5. The van der Waals surface area contributed by atoms with Crippen LogP contribution >= 0.6 is 0 Å². The Morgan fingerprint density at radius 2 is 0.627 bits per heavy atom. The molecule has 0 aliphatic heterocycles. The van der Waals surface area contributed by atoms with Gasteiger partial charge < -0.3 is 0 Å². The summed E-state index contributed by atoms with van der Waals surface area (Å²) in [6, 6.07) is 85.0. The van der Waals surface area contributed by atoms with Crippen LogP contribution in [0.2, 0.25) is 0 Å². The Balaban J connectivity index is 1.16. The lowest BCUT2D eigenvalue weighted by Crippen LogP contribution is -2.06. The molecule has 67 heavy (non-hydrogen) atoms. The van der Waals surface area contributed by atoms with Gasteiger partial charge in [-0.25, -0.2) is 19.9 Å². The molecule has 3 heterocycles. The molecule has 0 amide bonds. The number of hydrogen-bond donors (Lipinski definition) is 0. The Kier molecular flexibility index (Phi) is 10.1. The molecule has 0 aliphatic rings. The van der Waals surface area contributed by atoms with Crippen molar-refractivity contribution in [2.24, 2.45) is 0 Å². The van der Waals surface area contributed by atoms with Crippen LogP contribution in [0.25, 0.3) is 117 Å². The van der Waals surface area contributed by atoms with E-state index in [1.54, 1.807) is 0 Å². The van der Waals surface area contributed by atoms with Crippen LogP contribution in [0, 0.1) is 0 Å². The largest absolute Gasteiger partial charge is 0.293 e. The Morgan fingerprint density at radius 1 is 0.254 bits per heavy atom. The Morgan fingerprint density at radius 3 is 1.09 bits per heavy atom. The number of benzene rings is 9. The third-order valence-corrected chi connectivity index (χ3v) is 12.5. The predicted molar refractivity (Wildman–Crippen MR) is 275 cm³/mol. The molecule has 12 aromatic rings. The third kappa shape index (κ3) is 7.54. The van der Waals surface area contributed by atoms with Crippen LogP contribution in [0.3, 0.4) is 0 Å². The van der Waals surface area contributed by atoms with Crippen molar-refractivity contribution in [2.75, 3.05) is 0 Å². The van der Waals surface area contributed by atoms with Gasteiger partial charge >= 0.3 is 0 Å². The van der Waals surface area contributed by atoms with E-state index in [9.17, 15) is 0 Å². The maximum atomic E-state index is 5.54. The summed E-state index contributed by atoms with van der Waals surface area (Å²) < 4.78 is 2.29. The highest BCUT2D eigenvalue weighted by Gasteiger charge is 2.23. The maximum absolute atomic E-state index is 5.54. The van der Waals surface area contributed by atoms with Gasteiger partial charge in [0.25, 0.3) is 0 Å². The normalized spacial score (nSPS) is 11.3. The van der Waals surface area contributed by atoms with Crippen LogP contribution in [-0.4, -0.2) is 24.5 Å². The van der Waals surface area contributed by atoms with E-state index in [0.29, 0.717) is 23.3 Å². The van der Waals surface area contributed by atoms with E-state index >= 15 is 0 Å². The summed E-state index contributed by atoms with van der Waals surface area (Å²) in [5.74, 6) is 2.40. The molecular formula is C62H41N5. The fourth-order valence-electron chi connectivity index (χ4n) is 9.21. The number of nitrogens with zero attached hydrogens (tertiary/aromatic N) is 5. The van der Waals surface area contributed by atoms with Gasteiger partial charge in [0.05, 0.1) is 16.6 Å². The highest BCUT2D eigenvalue weighted by Crippen LogP contribution is 2.42. The minimum absolute atomic E-state index is 0.523. The van der Waals surface area contributed by atoms with E-state index in [1.165, 1.54) is 0 Å². The molecule has 0 spiro atoms. The second-order valence-electron chi connectivity index (χ2n) is 16.7. The SMILES string of the molecule is c1ccc(-c2ccc(-c3ccccc3)c(-c3cnc(-n4c5ccc(-c6ccccc6)cc5c5cc(-c6ccccc6)ccc54)c(-c4nc(-c5ccccc5)nc(-c5ccccc5)n4)c3)c2)cc1. The zero-order valence-electron chi connectivity index (χ0n) is 36.4. The zero-order valence-corrected chi connectivity index (χ0v) is 36.4. The van der Waals surface area contributed by atoms with Crippen molar-refractivity contribution in [1.82, 2.24) is 24.5 Å². The van der Waals surface area contributed by atoms with Gasteiger partial charge in [0, 0.05) is 33.7 Å². The first kappa shape index (κ1) is 39.5. The molecular weight excluding hydrogens is 815 g/mol. The lowest BCUT2D eigenvalue weighted by Gasteiger charge is -2.17. The van der Waals surface area contributed by atoms with Crippen molar-refractivity contribution in [3.63, 3.8) is 0 Å². The minimum atomic E-state index is 0.523. The fourth-order valence-corrected chi connectivity index (χ4v) is 9.21. The van der Waals surface area contributed by atoms with E-state index in [0.717, 1.165) is 94.1 Å². The molecule has 0 saturated heterocycles. The minimum Gasteiger partial charge on any atom is -0.293 e. The summed E-state index contributed by atoms with van der Waals surface area (Å²) >= 11 is 0. The Labute approximate surface area is 389 Å². The van der Waals surface area contributed by atoms with E-state index in [-0.39, 0.29) is 0 Å². The van der Waals surface area contributed by atoms with Crippen LogP contribution in [0.15, 0.2) is 249 Å². The Hall–Kier alpha value is -9.06. The number of rotatable bonds is 9. The summed E-state index contributed by atoms with van der Waals surface area (Å²) in [4.78, 5) is 21.3. The van der Waals surface area contributed by atoms with Gasteiger partial charge in [0.1, 0.15) is 5.82 Å². The van der Waals surface area contributed by atoms with Crippen LogP contribution in [-0.2, 0) is 0 Å². The number of hydrogen-bond acceptors (Lipinski definition) is 4. The van der Waals surface area contributed by atoms with E-state index in [4.69, 9.17) is 19.9 Å². The molecule has 0 bridgehead atoms. The van der Waals surface area contributed by atoms with E-state index in [1.807, 2.05) is 66.9 Å². The first-order chi connectivity index (χ1) is 33.2. The summed E-state index contributed by atoms with van der Waals surface area (Å²) in [7, 11) is 0. The standard InChI is InChI=1S/C62H41N5/c1-7-19-42(20-8-1)48-31-34-52(45-25-13-4-14-26-45)53(37-48)51-40-56(61-65-59(46-27-15-5-16-28-46)64-60(66-61)47-29-17-6-18-30-47)62(63-41-51)67-57-35-32-49(43-21-9-2-10-22-43)38-54(57)55-39-50(33-36-58(55)67)44-23-11-3-12-24-44/h1-41H. The lowest BCUT2D eigenvalue weighted by molar-refractivity contribution is 1.04. The number of fused-ring (bicyclic) bond motifs is 3. The topological polar surface area (TPSA) is 56.5 Å². The summed E-state index contributed by atoms with van der Waals surface area (Å²) in [5.41, 5.74) is 15.7. The molecule has 0 unspecified atom stereocenters. The van der Waals surface area contributed by atoms with Gasteiger partial charge in [-0.15, -0.1) is 0 Å². The van der Waals surface area contributed by atoms with Crippen LogP contribution < -0.4 is 0 Å². The average molecular weight is 856 g/mol. The van der Waals surface area contributed by atoms with Crippen LogP contribution in [0.5, 0.6) is 0 Å². The smallest absolute Gasteiger partial charge is 0.167 e. The zero-order chi connectivity index (χ0) is 44.5. The molecule has 0 radical (unpaired) electrons. The fraction of sp³-hybridized carbons (Fsp3) is 0. The molecule has 9 aromatic carbocycles. The van der Waals surface area contributed by atoms with Crippen molar-refractivity contribution in [2.45, 2.75) is 0 Å². The molecule has 0 saturated carbocycles. The van der Waals surface area contributed by atoms with Gasteiger partial charge in [-0.1, -0.05) is 206 Å². The Bertz CT molecular complexity index is 3550. The molecule has 12 rings (SSSR count). The summed E-state index contributed by atoms with van der Waals surface area (Å²) in [5, 5.41) is 2.25. The average Bonchev–Trinajstić information content (AvgIpc) is 3.74. The summed E-state index contributed by atoms with van der Waals surface area (Å²) in [6.45, 7) is 0. The molecule has 5 nitrogen and oxygen atoms in total. The molecule has 0 fully saturated rings. The van der Waals surface area contributed by atoms with Crippen LogP contribution in [0.1, 0.15) is 0 Å². The summed E-state index contributed by atoms with van der Waals surface area (Å²) in [6.07, 6.45) is 2.02. The maximum Gasteiger partial charge on any atom is 0.167 e. The number of pyridine rings is 1. The van der Waals surface area contributed by atoms with E-state index in [2.05, 4.69) is 187 Å². The van der Waals surface area contributed by atoms with Crippen molar-refractivity contribution in [3.8, 4) is 95.6 Å². The molecule has 314 valence electrons. The van der Waals surface area contributed by atoms with Gasteiger partial charge in [-0.3, -0.25) is 4.57 Å². The van der Waals surface area contributed by atoms with Crippen molar-refractivity contribution >= 4 is 21.8 Å². The highest BCUT2D eigenvalue weighted by atomic mass is 15.1. The lowest BCUT2D eigenvalue weighted by atomic mass is 9.91. The molecule has 5 heteroatoms. The highest BCUT2D eigenvalue weighted by molar-refractivity contribution is 6.12. The molecule has 0 N–H and O–H groups in total. The monoisotopic (exact) mass is 855 g/mol. The third-order valence-electron chi connectivity index (χ3n) is 12.5. The molecule has 0 aliphatic carbocycles. The van der Waals surface area contributed by atoms with Gasteiger partial charge in [0.15, 0.2) is 17.5 Å². The van der Waals surface area contributed by atoms with Crippen molar-refractivity contribution in [1.29, 1.82) is 0 Å². The van der Waals surface area contributed by atoms with Gasteiger partial charge in [-0.2, -0.15) is 0 Å².